The molecule has 4 aromatic heterocycles. The molecule has 0 fully saturated rings. The summed E-state index contributed by atoms with van der Waals surface area (Å²) in [7, 11) is 0. The summed E-state index contributed by atoms with van der Waals surface area (Å²) >= 11 is 0. The Labute approximate surface area is 524 Å². The number of hydrogen-bond acceptors (Lipinski definition) is 0. The van der Waals surface area contributed by atoms with Gasteiger partial charge in [-0.1, -0.05) is 227 Å². The van der Waals surface area contributed by atoms with Crippen LogP contribution in [0.25, 0.3) is 153 Å². The fraction of sp³-hybridized carbons (Fsp3) is 0.0488. The Kier molecular flexibility index (Phi) is 7.26. The van der Waals surface area contributed by atoms with Crippen molar-refractivity contribution in [1.29, 1.82) is 0 Å². The van der Waals surface area contributed by atoms with Gasteiger partial charge in [0.15, 0.2) is 0 Å². The molecule has 0 amide bonds. The van der Waals surface area contributed by atoms with E-state index in [4.69, 9.17) is 5.48 Å². The van der Waals surface area contributed by atoms with E-state index >= 15 is 0 Å². The van der Waals surface area contributed by atoms with Crippen molar-refractivity contribution in [1.82, 2.24) is 18.3 Å². The predicted octanol–water partition coefficient (Wildman–Crippen LogP) is 19.4. The lowest BCUT2D eigenvalue weighted by molar-refractivity contribution is 0.601. The van der Waals surface area contributed by atoms with Gasteiger partial charge in [-0.25, -0.2) is 0 Å². The monoisotopic (exact) mass is 1120 g/mol. The number of nitrogens with zero attached hydrogens (tertiary/aromatic N) is 4. The van der Waals surface area contributed by atoms with Crippen molar-refractivity contribution in [3.05, 3.63) is 284 Å². The standard InChI is InChI=1S/C82H55BN4/c1-82(2,3)78-76-64-36-10-8-28-56(64)52-24-4-6-26-54(52)58-30-12-22-42-72(58)86-74-46-44-50(84-68-38-18-14-32-60(68)61-33-15-19-39-69(61)84)48-66(74)83-67-49-51(85-70-40-20-16-34-62(70)63-35-17-21-41-71(63)85)45-47-75(67)87-73-43-23-13-31-59(73)55-27-7-5-25-53(55)57-29-9-11-37-65(57)77(78)81(87)79(83)80(76)86/h4-49H,1-3H3/i14D,15D,16D,17D,18D,19D,20D,21D,32D,33D,34D,35D,38D,39D,40D,41D. The highest BCUT2D eigenvalue weighted by atomic mass is 15.0. The Morgan fingerprint density at radius 3 is 0.954 bits per heavy atom. The fourth-order valence-corrected chi connectivity index (χ4v) is 15.1. The first-order valence-corrected chi connectivity index (χ1v) is 29.2. The molecule has 0 atom stereocenters. The SMILES string of the molecule is [2H]c1c([2H])c([2H])c2c(c1[2H])c1c([2H])c([2H])c([2H])c([2H])c1n2-c1ccc2c(c1)B1c3cc(-n4c5c([2H])c([2H])c([2H])c([2H])c5c5c([2H])c([2H])c([2H])c([2H])c54)ccc3-n3c4ccccc4c4ccccc4c4ccccc4c4c(C(C)(C)C)c5c6ccccc6c6ccccc6c6ccccc6n-2c5c1c43. The van der Waals surface area contributed by atoms with E-state index in [1.165, 1.54) is 0 Å². The molecule has 0 unspecified atom stereocenters. The number of para-hydroxylation sites is 6. The van der Waals surface area contributed by atoms with Crippen LogP contribution in [0.4, 0.5) is 0 Å². The third-order valence-electron chi connectivity index (χ3n) is 18.4. The van der Waals surface area contributed by atoms with E-state index in [1.807, 2.05) is 60.7 Å². The molecule has 2 aliphatic rings. The maximum absolute atomic E-state index is 9.79. The maximum Gasteiger partial charge on any atom is 0.252 e. The van der Waals surface area contributed by atoms with Crippen LogP contribution >= 0.6 is 0 Å². The first-order valence-electron chi connectivity index (χ1n) is 37.2. The fourth-order valence-electron chi connectivity index (χ4n) is 15.1. The van der Waals surface area contributed by atoms with Gasteiger partial charge in [0.1, 0.15) is 0 Å². The Balaban J connectivity index is 1.16. The topological polar surface area (TPSA) is 19.7 Å². The highest BCUT2D eigenvalue weighted by molar-refractivity contribution is 7.00. The van der Waals surface area contributed by atoms with Crippen molar-refractivity contribution < 1.29 is 21.9 Å². The van der Waals surface area contributed by atoms with Crippen molar-refractivity contribution in [3.8, 4) is 22.7 Å². The summed E-state index contributed by atoms with van der Waals surface area (Å²) in [4.78, 5) is 0. The molecule has 0 spiro atoms. The first kappa shape index (κ1) is 35.4. The molecule has 0 N–H and O–H groups in total. The number of rotatable bonds is 2. The lowest BCUT2D eigenvalue weighted by atomic mass is 9.34. The number of hydrogen-bond donors (Lipinski definition) is 0. The minimum absolute atomic E-state index is 0.0605. The summed E-state index contributed by atoms with van der Waals surface area (Å²) < 4.78 is 158. The van der Waals surface area contributed by atoms with E-state index in [9.17, 15) is 16.4 Å². The summed E-state index contributed by atoms with van der Waals surface area (Å²) in [6, 6.07) is 54.1. The minimum Gasteiger partial charge on any atom is -0.310 e. The Morgan fingerprint density at radius 2 is 0.598 bits per heavy atom. The van der Waals surface area contributed by atoms with E-state index in [0.717, 1.165) is 97.7 Å². The second-order valence-electron chi connectivity index (χ2n) is 23.9. The van der Waals surface area contributed by atoms with Gasteiger partial charge in [-0.15, -0.1) is 0 Å². The molecule has 0 aliphatic carbocycles. The van der Waals surface area contributed by atoms with Crippen molar-refractivity contribution >= 4 is 153 Å². The Morgan fingerprint density at radius 1 is 0.299 bits per heavy atom. The van der Waals surface area contributed by atoms with Crippen LogP contribution in [0.3, 0.4) is 0 Å². The second-order valence-corrected chi connectivity index (χ2v) is 23.9. The average molecular weight is 1120 g/mol. The van der Waals surface area contributed by atoms with Crippen LogP contribution in [0.15, 0.2) is 279 Å². The lowest BCUT2D eigenvalue weighted by Gasteiger charge is -2.38. The molecule has 2 aliphatic heterocycles. The summed E-state index contributed by atoms with van der Waals surface area (Å²) in [5, 5.41) is 11.1. The zero-order chi connectivity index (χ0) is 71.3. The van der Waals surface area contributed by atoms with Crippen molar-refractivity contribution in [2.45, 2.75) is 26.2 Å². The molecule has 87 heavy (non-hydrogen) atoms. The van der Waals surface area contributed by atoms with Crippen molar-refractivity contribution in [2.75, 3.05) is 0 Å². The highest BCUT2D eigenvalue weighted by Crippen LogP contribution is 2.48. The van der Waals surface area contributed by atoms with Crippen LogP contribution in [0, 0.1) is 0 Å². The Hall–Kier alpha value is -10.9. The molecule has 13 aromatic carbocycles. The van der Waals surface area contributed by atoms with Crippen LogP contribution < -0.4 is 16.4 Å². The lowest BCUT2D eigenvalue weighted by Crippen LogP contribution is -2.60. The van der Waals surface area contributed by atoms with Crippen LogP contribution in [0.5, 0.6) is 0 Å². The number of benzene rings is 13. The van der Waals surface area contributed by atoms with E-state index in [0.29, 0.717) is 33.7 Å². The van der Waals surface area contributed by atoms with E-state index in [-0.39, 0.29) is 43.6 Å². The molecule has 5 heteroatoms. The third-order valence-corrected chi connectivity index (χ3v) is 18.4. The van der Waals surface area contributed by atoms with Gasteiger partial charge >= 0.3 is 0 Å². The van der Waals surface area contributed by atoms with Crippen molar-refractivity contribution in [2.24, 2.45) is 0 Å². The van der Waals surface area contributed by atoms with Gasteiger partial charge < -0.3 is 18.3 Å². The predicted molar refractivity (Wildman–Crippen MR) is 372 cm³/mol. The van der Waals surface area contributed by atoms with Gasteiger partial charge in [0.2, 0.25) is 0 Å². The molecule has 17 aromatic rings. The van der Waals surface area contributed by atoms with Gasteiger partial charge in [0, 0.05) is 65.8 Å². The number of aromatic nitrogens is 4. The summed E-state index contributed by atoms with van der Waals surface area (Å²) in [5.41, 5.74) is 7.44. The van der Waals surface area contributed by atoms with Gasteiger partial charge in [-0.2, -0.15) is 0 Å². The molecule has 19 rings (SSSR count). The van der Waals surface area contributed by atoms with E-state index in [2.05, 4.69) is 151 Å². The van der Waals surface area contributed by atoms with Crippen LogP contribution in [0.2, 0.25) is 0 Å². The average Bonchev–Trinajstić information content (AvgIpc) is 1.53. The molecule has 0 saturated heterocycles. The first-order chi connectivity index (χ1) is 49.5. The molecule has 0 bridgehead atoms. The van der Waals surface area contributed by atoms with Crippen LogP contribution in [0.1, 0.15) is 48.3 Å². The molecular weight excluding hydrogens is 1050 g/mol. The molecule has 0 radical (unpaired) electrons. The maximum atomic E-state index is 9.79. The minimum atomic E-state index is -0.926. The van der Waals surface area contributed by atoms with Gasteiger partial charge in [0.05, 0.1) is 66.1 Å². The van der Waals surface area contributed by atoms with Gasteiger partial charge in [-0.05, 0) is 143 Å². The smallest absolute Gasteiger partial charge is 0.252 e. The van der Waals surface area contributed by atoms with Crippen LogP contribution in [-0.2, 0) is 5.41 Å². The summed E-state index contributed by atoms with van der Waals surface area (Å²) in [5.74, 6) is 0. The normalized spacial score (nSPS) is 15.3. The molecule has 406 valence electrons. The number of fused-ring (bicyclic) bond motifs is 26. The van der Waals surface area contributed by atoms with Gasteiger partial charge in [-0.3, -0.25) is 0 Å². The molecule has 4 nitrogen and oxygen atoms in total. The van der Waals surface area contributed by atoms with Crippen LogP contribution in [-0.4, -0.2) is 25.0 Å². The summed E-state index contributed by atoms with van der Waals surface area (Å²) in [6.45, 7) is 5.88. The largest absolute Gasteiger partial charge is 0.310 e. The molecule has 6 heterocycles. The third kappa shape index (κ3) is 6.58. The van der Waals surface area contributed by atoms with E-state index in [1.54, 1.807) is 9.13 Å². The zero-order valence-corrected chi connectivity index (χ0v) is 47.2. The summed E-state index contributed by atoms with van der Waals surface area (Å²) in [6.07, 6.45) is 0. The zero-order valence-electron chi connectivity index (χ0n) is 63.2. The quantitative estimate of drug-likeness (QED) is 0.154. The van der Waals surface area contributed by atoms with Gasteiger partial charge in [0.25, 0.3) is 6.71 Å². The second kappa shape index (κ2) is 17.8. The molecule has 0 saturated carbocycles. The van der Waals surface area contributed by atoms with E-state index < -0.39 is 109 Å². The van der Waals surface area contributed by atoms with Crippen molar-refractivity contribution in [3.63, 3.8) is 0 Å². The molecular formula is C82H55BN4. The highest BCUT2D eigenvalue weighted by Gasteiger charge is 2.42. The Bertz CT molecular complexity index is 6520.